The molecular weight excluding hydrogens is 310 g/mol. The van der Waals surface area contributed by atoms with Gasteiger partial charge in [-0.1, -0.05) is 48.0 Å². The minimum absolute atomic E-state index is 0.376. The number of para-hydroxylation sites is 1. The van der Waals surface area contributed by atoms with E-state index in [0.717, 1.165) is 22.2 Å². The van der Waals surface area contributed by atoms with Gasteiger partial charge < -0.3 is 4.74 Å². The van der Waals surface area contributed by atoms with Crippen LogP contribution in [0.5, 0.6) is 0 Å². The average Bonchev–Trinajstić information content (AvgIpc) is 2.54. The van der Waals surface area contributed by atoms with Crippen LogP contribution in [-0.4, -0.2) is 11.0 Å². The highest BCUT2D eigenvalue weighted by molar-refractivity contribution is 6.31. The number of pyridine rings is 1. The van der Waals surface area contributed by atoms with Crippen molar-refractivity contribution < 1.29 is 9.53 Å². The number of carbonyl (C=O) groups is 1. The molecule has 2 aromatic carbocycles. The number of hydrogen-bond acceptors (Lipinski definition) is 3. The van der Waals surface area contributed by atoms with Gasteiger partial charge >= 0.3 is 5.97 Å². The molecule has 0 N–H and O–H groups in total. The van der Waals surface area contributed by atoms with Gasteiger partial charge in [0.1, 0.15) is 6.10 Å². The Kier molecular flexibility index (Phi) is 4.30. The van der Waals surface area contributed by atoms with Crippen molar-refractivity contribution >= 4 is 28.5 Å². The molecule has 0 radical (unpaired) electrons. The highest BCUT2D eigenvalue weighted by atomic mass is 35.5. The molecule has 0 aliphatic rings. The van der Waals surface area contributed by atoms with Crippen LogP contribution in [-0.2, 0) is 4.74 Å². The third kappa shape index (κ3) is 3.20. The van der Waals surface area contributed by atoms with E-state index in [1.165, 1.54) is 0 Å². The molecule has 0 unspecified atom stereocenters. The number of esters is 1. The van der Waals surface area contributed by atoms with Crippen LogP contribution >= 0.6 is 11.6 Å². The van der Waals surface area contributed by atoms with Crippen LogP contribution in [0.15, 0.2) is 54.6 Å². The van der Waals surface area contributed by atoms with E-state index < -0.39 is 6.10 Å². The summed E-state index contributed by atoms with van der Waals surface area (Å²) in [6.07, 6.45) is -0.427. The molecule has 3 aromatic rings. The molecule has 0 amide bonds. The topological polar surface area (TPSA) is 39.2 Å². The second kappa shape index (κ2) is 6.39. The largest absolute Gasteiger partial charge is 0.454 e. The average molecular weight is 326 g/mol. The maximum Gasteiger partial charge on any atom is 0.339 e. The molecule has 4 heteroatoms. The van der Waals surface area contributed by atoms with Crippen molar-refractivity contribution in [1.29, 1.82) is 0 Å². The lowest BCUT2D eigenvalue weighted by Gasteiger charge is -2.16. The number of aromatic nitrogens is 1. The summed E-state index contributed by atoms with van der Waals surface area (Å²) in [5.74, 6) is -0.376. The summed E-state index contributed by atoms with van der Waals surface area (Å²) < 4.78 is 5.62. The lowest BCUT2D eigenvalue weighted by atomic mass is 10.1. The van der Waals surface area contributed by atoms with Gasteiger partial charge in [-0.2, -0.15) is 0 Å². The first-order valence-corrected chi connectivity index (χ1v) is 7.76. The smallest absolute Gasteiger partial charge is 0.339 e. The molecule has 0 aliphatic carbocycles. The number of carbonyl (C=O) groups excluding carboxylic acids is 1. The van der Waals surface area contributed by atoms with Crippen molar-refractivity contribution in [2.24, 2.45) is 0 Å². The fourth-order valence-corrected chi connectivity index (χ4v) is 2.86. The summed E-state index contributed by atoms with van der Waals surface area (Å²) in [5, 5.41) is 1.37. The van der Waals surface area contributed by atoms with Crippen molar-refractivity contribution in [3.05, 3.63) is 76.4 Å². The summed E-state index contributed by atoms with van der Waals surface area (Å²) in [5.41, 5.74) is 2.87. The lowest BCUT2D eigenvalue weighted by Crippen LogP contribution is -2.11. The number of hydrogen-bond donors (Lipinski definition) is 0. The Bertz CT molecular complexity index is 876. The molecule has 23 heavy (non-hydrogen) atoms. The molecular formula is C19H16ClNO2. The van der Waals surface area contributed by atoms with Crippen molar-refractivity contribution in [3.8, 4) is 0 Å². The number of halogens is 1. The summed E-state index contributed by atoms with van der Waals surface area (Å²) in [7, 11) is 0. The van der Waals surface area contributed by atoms with Crippen molar-refractivity contribution in [3.63, 3.8) is 0 Å². The van der Waals surface area contributed by atoms with E-state index in [4.69, 9.17) is 16.3 Å². The second-order valence-electron chi connectivity index (χ2n) is 5.40. The van der Waals surface area contributed by atoms with E-state index in [0.29, 0.717) is 10.6 Å². The monoisotopic (exact) mass is 325 g/mol. The molecule has 1 aromatic heterocycles. The summed E-state index contributed by atoms with van der Waals surface area (Å²) in [6, 6.07) is 16.7. The lowest BCUT2D eigenvalue weighted by molar-refractivity contribution is 0.0340. The number of aryl methyl sites for hydroxylation is 1. The van der Waals surface area contributed by atoms with Crippen LogP contribution in [0.4, 0.5) is 0 Å². The maximum absolute atomic E-state index is 12.6. The fraction of sp³-hybridized carbons (Fsp3) is 0.158. The zero-order valence-electron chi connectivity index (χ0n) is 12.9. The minimum Gasteiger partial charge on any atom is -0.454 e. The first-order chi connectivity index (χ1) is 11.1. The molecule has 0 aliphatic heterocycles. The van der Waals surface area contributed by atoms with Crippen LogP contribution in [0.3, 0.4) is 0 Å². The van der Waals surface area contributed by atoms with E-state index in [2.05, 4.69) is 4.98 Å². The molecule has 3 rings (SSSR count). The Morgan fingerprint density at radius 1 is 1.13 bits per heavy atom. The molecule has 1 atom stereocenters. The van der Waals surface area contributed by atoms with Crippen LogP contribution in [0.1, 0.15) is 34.6 Å². The van der Waals surface area contributed by atoms with Crippen LogP contribution in [0, 0.1) is 6.92 Å². The number of ether oxygens (including phenoxy) is 1. The molecule has 0 fully saturated rings. The van der Waals surface area contributed by atoms with Gasteiger partial charge in [0.25, 0.3) is 0 Å². The van der Waals surface area contributed by atoms with E-state index in [1.54, 1.807) is 12.1 Å². The second-order valence-corrected chi connectivity index (χ2v) is 5.80. The van der Waals surface area contributed by atoms with Gasteiger partial charge in [-0.25, -0.2) is 4.79 Å². The van der Waals surface area contributed by atoms with Crippen LogP contribution in [0.2, 0.25) is 5.02 Å². The predicted octanol–water partition coefficient (Wildman–Crippen LogP) is 5.11. The quantitative estimate of drug-likeness (QED) is 0.628. The fourth-order valence-electron chi connectivity index (χ4n) is 2.57. The normalized spacial score (nSPS) is 12.1. The molecule has 0 saturated carbocycles. The zero-order valence-corrected chi connectivity index (χ0v) is 13.7. The Hall–Kier alpha value is -2.39. The Morgan fingerprint density at radius 3 is 2.61 bits per heavy atom. The molecule has 3 nitrogen and oxygen atoms in total. The van der Waals surface area contributed by atoms with Crippen LogP contribution in [0.25, 0.3) is 10.9 Å². The first-order valence-electron chi connectivity index (χ1n) is 7.38. The minimum atomic E-state index is -0.427. The van der Waals surface area contributed by atoms with Gasteiger partial charge in [0, 0.05) is 21.7 Å². The van der Waals surface area contributed by atoms with Crippen molar-refractivity contribution in [2.75, 3.05) is 0 Å². The van der Waals surface area contributed by atoms with E-state index in [-0.39, 0.29) is 5.97 Å². The van der Waals surface area contributed by atoms with Gasteiger partial charge in [0.15, 0.2) is 0 Å². The van der Waals surface area contributed by atoms with Gasteiger partial charge in [0.05, 0.1) is 11.1 Å². The third-order valence-electron chi connectivity index (χ3n) is 3.69. The number of rotatable bonds is 3. The zero-order chi connectivity index (χ0) is 16.4. The highest BCUT2D eigenvalue weighted by Crippen LogP contribution is 2.27. The number of nitrogens with zero attached hydrogens (tertiary/aromatic N) is 1. The highest BCUT2D eigenvalue weighted by Gasteiger charge is 2.18. The number of benzene rings is 2. The Labute approximate surface area is 139 Å². The molecule has 0 spiro atoms. The Morgan fingerprint density at radius 2 is 1.83 bits per heavy atom. The van der Waals surface area contributed by atoms with E-state index >= 15 is 0 Å². The van der Waals surface area contributed by atoms with Crippen LogP contribution < -0.4 is 0 Å². The third-order valence-corrected chi connectivity index (χ3v) is 4.04. The van der Waals surface area contributed by atoms with Crippen molar-refractivity contribution in [2.45, 2.75) is 20.0 Å². The molecule has 0 saturated heterocycles. The predicted molar refractivity (Wildman–Crippen MR) is 91.8 cm³/mol. The SMILES string of the molecule is Cc1cc(C(=O)O[C@H](C)c2ccccc2Cl)c2ccccc2n1. The Balaban J connectivity index is 1.94. The van der Waals surface area contributed by atoms with E-state index in [9.17, 15) is 4.79 Å². The summed E-state index contributed by atoms with van der Waals surface area (Å²) in [6.45, 7) is 3.68. The standard InChI is InChI=1S/C19H16ClNO2/c1-12-11-16(15-8-4-6-10-18(15)21-12)19(22)23-13(2)14-7-3-5-9-17(14)20/h3-11,13H,1-2H3/t13-/m1/s1. The van der Waals surface area contributed by atoms with Gasteiger partial charge in [0.2, 0.25) is 0 Å². The van der Waals surface area contributed by atoms with Gasteiger partial charge in [-0.3, -0.25) is 4.98 Å². The van der Waals surface area contributed by atoms with Gasteiger partial charge in [-0.05, 0) is 32.0 Å². The summed E-state index contributed by atoms with van der Waals surface area (Å²) >= 11 is 6.17. The molecule has 116 valence electrons. The van der Waals surface area contributed by atoms with Gasteiger partial charge in [-0.15, -0.1) is 0 Å². The molecule has 1 heterocycles. The summed E-state index contributed by atoms with van der Waals surface area (Å²) in [4.78, 5) is 17.1. The number of fused-ring (bicyclic) bond motifs is 1. The van der Waals surface area contributed by atoms with Crippen molar-refractivity contribution in [1.82, 2.24) is 4.98 Å². The van der Waals surface area contributed by atoms with E-state index in [1.807, 2.05) is 56.3 Å². The molecule has 0 bridgehead atoms. The maximum atomic E-state index is 12.6. The first kappa shape index (κ1) is 15.5.